The topological polar surface area (TPSA) is 52.6 Å². The number of hydrogen-bond acceptors (Lipinski definition) is 4. The van der Waals surface area contributed by atoms with Crippen molar-refractivity contribution in [2.45, 2.75) is 71.8 Å². The molecule has 0 aliphatic heterocycles. The van der Waals surface area contributed by atoms with E-state index in [1.165, 1.54) is 32.3 Å². The van der Waals surface area contributed by atoms with E-state index >= 15 is 0 Å². The van der Waals surface area contributed by atoms with Gasteiger partial charge in [-0.1, -0.05) is 13.0 Å². The standard InChI is InChI=1S/C22H30O4/c1-13(23)25-16-5-7-17-15(12-16)4-6-19-18(17)10-11-22(3)20(19)8-9-21(22)26-14(2)24/h4,12,17-21H,5-11H2,1-3H3/t17-,18+,19+,20-,21+,22-/m0/s1. The summed E-state index contributed by atoms with van der Waals surface area (Å²) in [6, 6.07) is 0. The average molecular weight is 358 g/mol. The van der Waals surface area contributed by atoms with Crippen molar-refractivity contribution in [2.24, 2.45) is 29.1 Å². The number of fused-ring (bicyclic) bond motifs is 5. The van der Waals surface area contributed by atoms with Crippen molar-refractivity contribution in [2.75, 3.05) is 0 Å². The van der Waals surface area contributed by atoms with E-state index < -0.39 is 0 Å². The van der Waals surface area contributed by atoms with E-state index in [4.69, 9.17) is 9.47 Å². The molecule has 0 amide bonds. The number of ether oxygens (including phenoxy) is 2. The molecule has 0 N–H and O–H groups in total. The largest absolute Gasteiger partial charge is 0.462 e. The molecule has 0 heterocycles. The molecule has 0 bridgehead atoms. The number of allylic oxidation sites excluding steroid dienone is 4. The maximum atomic E-state index is 11.5. The van der Waals surface area contributed by atoms with Crippen LogP contribution in [0.3, 0.4) is 0 Å². The number of esters is 2. The van der Waals surface area contributed by atoms with Crippen molar-refractivity contribution in [3.05, 3.63) is 23.5 Å². The third kappa shape index (κ3) is 2.91. The zero-order valence-electron chi connectivity index (χ0n) is 16.1. The molecule has 4 nitrogen and oxygen atoms in total. The average Bonchev–Trinajstić information content (AvgIpc) is 2.90. The van der Waals surface area contributed by atoms with Crippen LogP contribution in [0.25, 0.3) is 0 Å². The zero-order chi connectivity index (χ0) is 18.5. The molecule has 2 fully saturated rings. The fraction of sp³-hybridized carbons (Fsp3) is 0.727. The van der Waals surface area contributed by atoms with Crippen molar-refractivity contribution in [1.29, 1.82) is 0 Å². The lowest BCUT2D eigenvalue weighted by Gasteiger charge is -2.52. The Morgan fingerprint density at radius 2 is 1.88 bits per heavy atom. The minimum absolute atomic E-state index is 0.0955. The van der Waals surface area contributed by atoms with Gasteiger partial charge in [0.1, 0.15) is 11.9 Å². The molecular weight excluding hydrogens is 328 g/mol. The van der Waals surface area contributed by atoms with Crippen LogP contribution in [0.5, 0.6) is 0 Å². The van der Waals surface area contributed by atoms with Crippen LogP contribution >= 0.6 is 0 Å². The molecule has 2 saturated carbocycles. The molecule has 0 radical (unpaired) electrons. The van der Waals surface area contributed by atoms with Gasteiger partial charge in [0.15, 0.2) is 0 Å². The number of carbonyl (C=O) groups excluding carboxylic acids is 2. The second-order valence-corrected chi connectivity index (χ2v) is 8.94. The highest BCUT2D eigenvalue weighted by Crippen LogP contribution is 2.61. The van der Waals surface area contributed by atoms with Crippen molar-refractivity contribution in [3.63, 3.8) is 0 Å². The van der Waals surface area contributed by atoms with Gasteiger partial charge in [0, 0.05) is 25.7 Å². The Morgan fingerprint density at radius 1 is 1.08 bits per heavy atom. The van der Waals surface area contributed by atoms with Crippen LogP contribution in [0, 0.1) is 29.1 Å². The van der Waals surface area contributed by atoms with E-state index in [1.807, 2.05) is 0 Å². The van der Waals surface area contributed by atoms with E-state index in [2.05, 4.69) is 19.1 Å². The molecule has 0 aromatic heterocycles. The third-order valence-corrected chi connectivity index (χ3v) is 7.59. The lowest BCUT2D eigenvalue weighted by Crippen LogP contribution is -2.47. The molecule has 142 valence electrons. The highest BCUT2D eigenvalue weighted by atomic mass is 16.5. The summed E-state index contributed by atoms with van der Waals surface area (Å²) >= 11 is 0. The van der Waals surface area contributed by atoms with Crippen LogP contribution < -0.4 is 0 Å². The van der Waals surface area contributed by atoms with E-state index in [-0.39, 0.29) is 23.5 Å². The Balaban J connectivity index is 1.55. The van der Waals surface area contributed by atoms with Gasteiger partial charge >= 0.3 is 11.9 Å². The van der Waals surface area contributed by atoms with Gasteiger partial charge in [-0.2, -0.15) is 0 Å². The molecule has 0 spiro atoms. The molecule has 4 aliphatic carbocycles. The predicted octanol–water partition coefficient (Wildman–Crippen LogP) is 4.55. The predicted molar refractivity (Wildman–Crippen MR) is 97.9 cm³/mol. The molecule has 6 atom stereocenters. The first-order valence-corrected chi connectivity index (χ1v) is 10.1. The van der Waals surface area contributed by atoms with E-state index in [1.54, 1.807) is 0 Å². The molecular formula is C22H30O4. The molecule has 0 unspecified atom stereocenters. The molecule has 26 heavy (non-hydrogen) atoms. The third-order valence-electron chi connectivity index (χ3n) is 7.59. The SMILES string of the molecule is CC(=O)OC1=CC2=CC[C@@H]3[C@H](CC[C@]4(C)[C@H](OC(C)=O)CC[C@@H]34)[C@H]2CC1. The fourth-order valence-corrected chi connectivity index (χ4v) is 6.54. The number of carbonyl (C=O) groups is 2. The normalized spacial score (nSPS) is 41.1. The summed E-state index contributed by atoms with van der Waals surface area (Å²) in [6.45, 7) is 5.36. The minimum Gasteiger partial charge on any atom is -0.462 e. The van der Waals surface area contributed by atoms with Gasteiger partial charge < -0.3 is 9.47 Å². The monoisotopic (exact) mass is 358 g/mol. The maximum absolute atomic E-state index is 11.5. The Morgan fingerprint density at radius 3 is 2.62 bits per heavy atom. The molecule has 4 aliphatic rings. The van der Waals surface area contributed by atoms with Gasteiger partial charge in [0.05, 0.1) is 0 Å². The van der Waals surface area contributed by atoms with Gasteiger partial charge in [-0.15, -0.1) is 0 Å². The highest BCUT2D eigenvalue weighted by Gasteiger charge is 2.56. The smallest absolute Gasteiger partial charge is 0.307 e. The number of rotatable bonds is 2. The second-order valence-electron chi connectivity index (χ2n) is 8.94. The molecule has 4 heteroatoms. The fourth-order valence-electron chi connectivity index (χ4n) is 6.54. The van der Waals surface area contributed by atoms with Crippen LogP contribution in [0.15, 0.2) is 23.5 Å². The summed E-state index contributed by atoms with van der Waals surface area (Å²) in [7, 11) is 0. The lowest BCUT2D eigenvalue weighted by molar-refractivity contribution is -0.155. The van der Waals surface area contributed by atoms with E-state index in [0.717, 1.165) is 43.8 Å². The molecule has 4 rings (SSSR count). The minimum atomic E-state index is -0.222. The van der Waals surface area contributed by atoms with Crippen LogP contribution in [0.4, 0.5) is 0 Å². The van der Waals surface area contributed by atoms with Crippen molar-refractivity contribution >= 4 is 11.9 Å². The number of hydrogen-bond donors (Lipinski definition) is 0. The van der Waals surface area contributed by atoms with Crippen LogP contribution in [0.2, 0.25) is 0 Å². The quantitative estimate of drug-likeness (QED) is 0.680. The highest BCUT2D eigenvalue weighted by molar-refractivity contribution is 5.67. The van der Waals surface area contributed by atoms with Gasteiger partial charge in [0.2, 0.25) is 0 Å². The summed E-state index contributed by atoms with van der Waals surface area (Å²) < 4.78 is 11.1. The second kappa shape index (κ2) is 6.54. The molecule has 0 aromatic rings. The Hall–Kier alpha value is -1.58. The van der Waals surface area contributed by atoms with Gasteiger partial charge in [-0.25, -0.2) is 0 Å². The van der Waals surface area contributed by atoms with E-state index in [0.29, 0.717) is 17.8 Å². The van der Waals surface area contributed by atoms with Crippen LogP contribution in [-0.2, 0) is 19.1 Å². The van der Waals surface area contributed by atoms with Crippen LogP contribution in [-0.4, -0.2) is 18.0 Å². The van der Waals surface area contributed by atoms with Crippen molar-refractivity contribution in [1.82, 2.24) is 0 Å². The van der Waals surface area contributed by atoms with Gasteiger partial charge in [-0.05, 0) is 73.8 Å². The summed E-state index contributed by atoms with van der Waals surface area (Å²) in [6.07, 6.45) is 12.2. The Bertz CT molecular complexity index is 676. The Kier molecular flexibility index (Phi) is 4.48. The summed E-state index contributed by atoms with van der Waals surface area (Å²) in [5.74, 6) is 3.15. The molecule has 0 saturated heterocycles. The first-order chi connectivity index (χ1) is 12.4. The summed E-state index contributed by atoms with van der Waals surface area (Å²) in [4.78, 5) is 22.8. The van der Waals surface area contributed by atoms with Crippen LogP contribution in [0.1, 0.15) is 65.7 Å². The van der Waals surface area contributed by atoms with Gasteiger partial charge in [-0.3, -0.25) is 9.59 Å². The zero-order valence-corrected chi connectivity index (χ0v) is 16.1. The van der Waals surface area contributed by atoms with Gasteiger partial charge in [0.25, 0.3) is 0 Å². The first kappa shape index (κ1) is 17.8. The van der Waals surface area contributed by atoms with E-state index in [9.17, 15) is 9.59 Å². The summed E-state index contributed by atoms with van der Waals surface area (Å²) in [5, 5.41) is 0. The van der Waals surface area contributed by atoms with Crippen molar-refractivity contribution in [3.8, 4) is 0 Å². The first-order valence-electron chi connectivity index (χ1n) is 10.1. The molecule has 0 aromatic carbocycles. The summed E-state index contributed by atoms with van der Waals surface area (Å²) in [5.41, 5.74) is 1.53. The lowest BCUT2D eigenvalue weighted by atomic mass is 9.53. The Labute approximate surface area is 156 Å². The maximum Gasteiger partial charge on any atom is 0.307 e. The van der Waals surface area contributed by atoms with Crippen molar-refractivity contribution < 1.29 is 19.1 Å².